The maximum Gasteiger partial charge on any atom is 0.138 e. The molecule has 0 atom stereocenters. The van der Waals surface area contributed by atoms with E-state index in [4.69, 9.17) is 8.83 Å². The lowest BCUT2D eigenvalue weighted by molar-refractivity contribution is 0.442. The largest absolute Gasteiger partial charge is 0.456 e. The van der Waals surface area contributed by atoms with E-state index in [1.54, 1.807) is 0 Å². The van der Waals surface area contributed by atoms with Crippen LogP contribution in [0.2, 0.25) is 0 Å². The van der Waals surface area contributed by atoms with E-state index in [9.17, 15) is 0 Å². The minimum atomic E-state index is 0.555. The SMILES string of the molecule is c1ccc(N(c2ccc3cc4c5ccc(N(c6ccccc6)c6ccc7c(c6)oc6c(C8CCCCC8)cccc67)cc5n(-c5ccccc5)c4cc3c2)c2ccc3c(c2)oc2c(C4CCCCC4)cccc23)cc1. The second-order valence-electron chi connectivity index (χ2n) is 21.3. The molecule has 2 saturated carbocycles. The molecular formula is C70H57N3O2. The second kappa shape index (κ2) is 18.1. The van der Waals surface area contributed by atoms with Gasteiger partial charge in [0.2, 0.25) is 0 Å². The average Bonchev–Trinajstić information content (AvgIpc) is 4.16. The fourth-order valence-corrected chi connectivity index (χ4v) is 13.3. The molecule has 0 amide bonds. The fourth-order valence-electron chi connectivity index (χ4n) is 13.3. The van der Waals surface area contributed by atoms with E-state index in [2.05, 4.69) is 227 Å². The Bertz CT molecular complexity index is 4270. The molecule has 0 spiro atoms. The van der Waals surface area contributed by atoms with E-state index in [-0.39, 0.29) is 0 Å². The van der Waals surface area contributed by atoms with Crippen LogP contribution in [0.25, 0.3) is 82.1 Å². The molecule has 0 aliphatic heterocycles. The highest BCUT2D eigenvalue weighted by Crippen LogP contribution is 2.47. The van der Waals surface area contributed by atoms with Gasteiger partial charge in [-0.15, -0.1) is 0 Å². The molecule has 3 heterocycles. The zero-order chi connectivity index (χ0) is 49.4. The van der Waals surface area contributed by atoms with Gasteiger partial charge in [-0.1, -0.05) is 142 Å². The first kappa shape index (κ1) is 44.0. The van der Waals surface area contributed by atoms with Gasteiger partial charge in [-0.3, -0.25) is 0 Å². The molecule has 5 heteroatoms. The third kappa shape index (κ3) is 7.50. The normalized spacial score (nSPS) is 14.8. The van der Waals surface area contributed by atoms with E-state index < -0.39 is 0 Å². The van der Waals surface area contributed by atoms with Crippen molar-refractivity contribution in [2.75, 3.05) is 9.80 Å². The van der Waals surface area contributed by atoms with Crippen molar-refractivity contribution in [2.24, 2.45) is 0 Å². The van der Waals surface area contributed by atoms with E-state index in [0.29, 0.717) is 11.8 Å². The summed E-state index contributed by atoms with van der Waals surface area (Å²) in [5.74, 6) is 1.11. The summed E-state index contributed by atoms with van der Waals surface area (Å²) in [7, 11) is 0. The van der Waals surface area contributed by atoms with Crippen LogP contribution in [0.15, 0.2) is 221 Å². The molecular weight excluding hydrogens is 915 g/mol. The topological polar surface area (TPSA) is 37.7 Å². The van der Waals surface area contributed by atoms with E-state index in [1.807, 2.05) is 0 Å². The zero-order valence-corrected chi connectivity index (χ0v) is 42.1. The Morgan fingerprint density at radius 1 is 0.320 bits per heavy atom. The van der Waals surface area contributed by atoms with Gasteiger partial charge >= 0.3 is 0 Å². The Morgan fingerprint density at radius 3 is 1.33 bits per heavy atom. The lowest BCUT2D eigenvalue weighted by atomic mass is 9.83. The number of benzene rings is 10. The monoisotopic (exact) mass is 971 g/mol. The third-order valence-electron chi connectivity index (χ3n) is 16.9. The molecule has 15 rings (SSSR count). The molecule has 0 unspecified atom stereocenters. The Morgan fingerprint density at radius 2 is 0.787 bits per heavy atom. The van der Waals surface area contributed by atoms with Crippen molar-refractivity contribution in [1.82, 2.24) is 4.57 Å². The lowest BCUT2D eigenvalue weighted by Crippen LogP contribution is -2.10. The highest BCUT2D eigenvalue weighted by Gasteiger charge is 2.25. The van der Waals surface area contributed by atoms with Crippen molar-refractivity contribution in [1.29, 1.82) is 0 Å². The molecule has 0 saturated heterocycles. The van der Waals surface area contributed by atoms with Crippen LogP contribution in [0.5, 0.6) is 0 Å². The van der Waals surface area contributed by atoms with Gasteiger partial charge in [-0.05, 0) is 156 Å². The van der Waals surface area contributed by atoms with Crippen LogP contribution in [0.3, 0.4) is 0 Å². The van der Waals surface area contributed by atoms with Crippen LogP contribution < -0.4 is 9.80 Å². The van der Waals surface area contributed by atoms with Gasteiger partial charge in [0.25, 0.3) is 0 Å². The molecule has 0 radical (unpaired) electrons. The second-order valence-corrected chi connectivity index (χ2v) is 21.3. The van der Waals surface area contributed by atoms with Crippen molar-refractivity contribution in [3.8, 4) is 5.69 Å². The number of aromatic nitrogens is 1. The van der Waals surface area contributed by atoms with Crippen LogP contribution in [-0.2, 0) is 0 Å². The number of nitrogens with zero attached hydrogens (tertiary/aromatic N) is 3. The smallest absolute Gasteiger partial charge is 0.138 e. The van der Waals surface area contributed by atoms with E-state index in [0.717, 1.165) is 78.6 Å². The van der Waals surface area contributed by atoms with Gasteiger partial charge in [-0.25, -0.2) is 0 Å². The summed E-state index contributed by atoms with van der Waals surface area (Å²) in [6.45, 7) is 0. The van der Waals surface area contributed by atoms with Gasteiger partial charge in [0.15, 0.2) is 0 Å². The van der Waals surface area contributed by atoms with Crippen molar-refractivity contribution in [3.05, 3.63) is 223 Å². The van der Waals surface area contributed by atoms with Gasteiger partial charge in [0.1, 0.15) is 22.3 Å². The third-order valence-corrected chi connectivity index (χ3v) is 16.9. The van der Waals surface area contributed by atoms with Gasteiger partial charge in [0, 0.05) is 84.3 Å². The molecule has 0 bridgehead atoms. The van der Waals surface area contributed by atoms with Gasteiger partial charge in [0.05, 0.1) is 11.0 Å². The summed E-state index contributed by atoms with van der Waals surface area (Å²) < 4.78 is 16.2. The summed E-state index contributed by atoms with van der Waals surface area (Å²) in [5.41, 5.74) is 16.5. The number of anilines is 6. The fraction of sp³-hybridized carbons (Fsp3) is 0.171. The lowest BCUT2D eigenvalue weighted by Gasteiger charge is -2.25. The maximum atomic E-state index is 6.91. The first-order valence-corrected chi connectivity index (χ1v) is 27.4. The first-order valence-electron chi connectivity index (χ1n) is 27.4. The summed E-state index contributed by atoms with van der Waals surface area (Å²) >= 11 is 0. The number of fused-ring (bicyclic) bond motifs is 10. The molecule has 75 heavy (non-hydrogen) atoms. The maximum absolute atomic E-state index is 6.91. The number of rotatable bonds is 9. The Balaban J connectivity index is 0.868. The van der Waals surface area contributed by atoms with Crippen molar-refractivity contribution < 1.29 is 8.83 Å². The van der Waals surface area contributed by atoms with Crippen LogP contribution >= 0.6 is 0 Å². The molecule has 3 aromatic heterocycles. The predicted molar refractivity (Wildman–Crippen MR) is 314 cm³/mol. The molecule has 364 valence electrons. The molecule has 10 aromatic carbocycles. The summed E-state index contributed by atoms with van der Waals surface area (Å²) in [6, 6.07) is 78.0. The molecule has 2 aliphatic carbocycles. The van der Waals surface area contributed by atoms with Crippen molar-refractivity contribution in [2.45, 2.75) is 76.0 Å². The zero-order valence-electron chi connectivity index (χ0n) is 42.1. The van der Waals surface area contributed by atoms with Crippen LogP contribution in [0, 0.1) is 0 Å². The van der Waals surface area contributed by atoms with Crippen LogP contribution in [0.4, 0.5) is 34.1 Å². The number of para-hydroxylation sites is 5. The summed E-state index contributed by atoms with van der Waals surface area (Å²) in [6.07, 6.45) is 12.8. The highest BCUT2D eigenvalue weighted by atomic mass is 16.3. The highest BCUT2D eigenvalue weighted by molar-refractivity contribution is 6.15. The number of furan rings is 2. The van der Waals surface area contributed by atoms with Gasteiger partial charge < -0.3 is 23.2 Å². The Labute approximate surface area is 436 Å². The number of hydrogen-bond acceptors (Lipinski definition) is 4. The van der Waals surface area contributed by atoms with E-state index in [1.165, 1.54) is 113 Å². The first-order chi connectivity index (χ1) is 37.2. The molecule has 2 aliphatic rings. The van der Waals surface area contributed by atoms with Crippen LogP contribution in [-0.4, -0.2) is 4.57 Å². The molecule has 5 nitrogen and oxygen atoms in total. The van der Waals surface area contributed by atoms with Crippen LogP contribution in [0.1, 0.15) is 87.2 Å². The molecule has 13 aromatic rings. The standard InChI is InChI=1S/C70H57N3O2/c1-6-18-46(19-7-1)57-28-16-30-62-60-38-35-55(44-67(60)74-69(57)62)71(50-22-10-3-11-23-50)53-33-32-48-41-64-59-37-34-54(43-66(59)73(52-26-14-5-15-27-52)65(64)42-49(48)40-53)72(51-24-12-4-13-25-51)56-36-39-61-63-31-17-29-58(47-20-8-2-9-21-47)70(63)75-68(61)45-56/h3-5,10-17,22-47H,1-2,6-9,18-21H2. The Kier molecular flexibility index (Phi) is 10.6. The summed E-state index contributed by atoms with van der Waals surface area (Å²) in [4.78, 5) is 4.74. The minimum absolute atomic E-state index is 0.555. The minimum Gasteiger partial charge on any atom is -0.456 e. The molecule has 0 N–H and O–H groups in total. The predicted octanol–water partition coefficient (Wildman–Crippen LogP) is 20.8. The summed E-state index contributed by atoms with van der Waals surface area (Å²) in [5, 5.41) is 9.52. The van der Waals surface area contributed by atoms with Crippen molar-refractivity contribution >= 4 is 111 Å². The number of hydrogen-bond donors (Lipinski definition) is 0. The van der Waals surface area contributed by atoms with E-state index >= 15 is 0 Å². The van der Waals surface area contributed by atoms with Crippen molar-refractivity contribution in [3.63, 3.8) is 0 Å². The average molecular weight is 972 g/mol. The Hall–Kier alpha value is -8.54. The van der Waals surface area contributed by atoms with Gasteiger partial charge in [-0.2, -0.15) is 0 Å². The molecule has 2 fully saturated rings. The quantitative estimate of drug-likeness (QED) is 0.144.